The molecule has 0 aromatic carbocycles. The van der Waals surface area contributed by atoms with E-state index < -0.39 is 24.3 Å². The number of rotatable bonds is 3. The van der Waals surface area contributed by atoms with Crippen LogP contribution in [0.25, 0.3) is 0 Å². The number of hydrogen-bond acceptors (Lipinski definition) is 3. The number of halogens is 4. The third kappa shape index (κ3) is 3.00. The molecule has 7 heteroatoms. The number of alkyl halides is 4. The van der Waals surface area contributed by atoms with Gasteiger partial charge in [0.15, 0.2) is 0 Å². The fourth-order valence-corrected chi connectivity index (χ4v) is 0.333. The first kappa shape index (κ1) is 11.9. The molecule has 0 saturated carbocycles. The Morgan fingerprint density at radius 3 is 2.15 bits per heavy atom. The number of ether oxygens (including phenoxy) is 1. The molecule has 0 aliphatic heterocycles. The highest BCUT2D eigenvalue weighted by Gasteiger charge is 2.51. The van der Waals surface area contributed by atoms with E-state index in [-0.39, 0.29) is 6.42 Å². The lowest BCUT2D eigenvalue weighted by molar-refractivity contribution is -0.196. The highest BCUT2D eigenvalue weighted by atomic mass is 19.3. The number of hydrogen-bond donors (Lipinski definition) is 0. The van der Waals surface area contributed by atoms with Crippen LogP contribution in [0.2, 0.25) is 0 Å². The maximum Gasteiger partial charge on any atom is 0.402 e. The van der Waals surface area contributed by atoms with Crippen LogP contribution in [0, 0.1) is 0 Å². The van der Waals surface area contributed by atoms with Crippen molar-refractivity contribution in [1.29, 1.82) is 0 Å². The van der Waals surface area contributed by atoms with E-state index >= 15 is 0 Å². The van der Waals surface area contributed by atoms with Gasteiger partial charge in [0, 0.05) is 6.42 Å². The zero-order chi connectivity index (χ0) is 10.6. The Bertz CT molecular complexity index is 214. The fourth-order valence-electron chi connectivity index (χ4n) is 0.333. The van der Waals surface area contributed by atoms with E-state index in [9.17, 15) is 27.2 Å². The normalized spacial score (nSPS) is 11.5. The Balaban J connectivity index is 4.34. The molecule has 0 heterocycles. The topological polar surface area (TPSA) is 43.4 Å². The second-order valence-corrected chi connectivity index (χ2v) is 2.04. The molecule has 13 heavy (non-hydrogen) atoms. The van der Waals surface area contributed by atoms with Crippen LogP contribution in [0.5, 0.6) is 0 Å². The summed E-state index contributed by atoms with van der Waals surface area (Å²) >= 11 is 0. The first-order chi connectivity index (χ1) is 5.82. The van der Waals surface area contributed by atoms with Gasteiger partial charge in [-0.05, 0) is 0 Å². The molecule has 0 bridgehead atoms. The maximum atomic E-state index is 12.1. The number of carbonyl (C=O) groups is 2. The van der Waals surface area contributed by atoms with Gasteiger partial charge in [0.2, 0.25) is 0 Å². The predicted octanol–water partition coefficient (Wildman–Crippen LogP) is 1.37. The lowest BCUT2D eigenvalue weighted by Crippen LogP contribution is -2.39. The van der Waals surface area contributed by atoms with E-state index in [1.807, 2.05) is 0 Å². The van der Waals surface area contributed by atoms with Gasteiger partial charge in [-0.25, -0.2) is 13.6 Å². The second-order valence-electron chi connectivity index (χ2n) is 2.04. The molecule has 0 amide bonds. The largest absolute Gasteiger partial charge is 0.402 e. The van der Waals surface area contributed by atoms with E-state index in [4.69, 9.17) is 0 Å². The fraction of sp³-hybridized carbons (Fsp3) is 0.667. The van der Waals surface area contributed by atoms with Crippen LogP contribution in [0.3, 0.4) is 0 Å². The van der Waals surface area contributed by atoms with Crippen molar-refractivity contribution in [2.24, 2.45) is 0 Å². The molecule has 0 unspecified atom stereocenters. The van der Waals surface area contributed by atoms with Crippen LogP contribution in [0.15, 0.2) is 0 Å². The quantitative estimate of drug-likeness (QED) is 0.394. The first-order valence-electron chi connectivity index (χ1n) is 3.23. The number of esters is 2. The standard InChI is InChI=1S/C6H6F4O3/c1-2-3(11)13-5(12)6(9,10)4(7)8/h4H,2H2,1H3. The monoisotopic (exact) mass is 202 g/mol. The average molecular weight is 202 g/mol. The van der Waals surface area contributed by atoms with Crippen LogP contribution in [0.4, 0.5) is 17.6 Å². The van der Waals surface area contributed by atoms with Crippen LogP contribution < -0.4 is 0 Å². The SMILES string of the molecule is CCC(=O)OC(=O)C(F)(F)C(F)F. The smallest absolute Gasteiger partial charge is 0.388 e. The minimum absolute atomic E-state index is 0.342. The molecule has 0 radical (unpaired) electrons. The van der Waals surface area contributed by atoms with Gasteiger partial charge in [-0.1, -0.05) is 6.92 Å². The summed E-state index contributed by atoms with van der Waals surface area (Å²) < 4.78 is 50.4. The highest BCUT2D eigenvalue weighted by molar-refractivity contribution is 5.89. The molecule has 0 aliphatic rings. The molecular weight excluding hydrogens is 196 g/mol. The summed E-state index contributed by atoms with van der Waals surface area (Å²) in [5.74, 6) is -8.72. The van der Waals surface area contributed by atoms with Crippen LogP contribution in [-0.2, 0) is 14.3 Å². The van der Waals surface area contributed by atoms with Gasteiger partial charge >= 0.3 is 24.3 Å². The zero-order valence-electron chi connectivity index (χ0n) is 6.52. The summed E-state index contributed by atoms with van der Waals surface area (Å²) in [6.07, 6.45) is -4.52. The van der Waals surface area contributed by atoms with E-state index in [0.717, 1.165) is 0 Å². The molecule has 0 atom stereocenters. The summed E-state index contributed by atoms with van der Waals surface area (Å²) in [5, 5.41) is 0. The van der Waals surface area contributed by atoms with Crippen molar-refractivity contribution < 1.29 is 31.9 Å². The van der Waals surface area contributed by atoms with Crippen LogP contribution in [-0.4, -0.2) is 24.3 Å². The summed E-state index contributed by atoms with van der Waals surface area (Å²) in [6.45, 7) is 1.23. The lowest BCUT2D eigenvalue weighted by atomic mass is 10.3. The van der Waals surface area contributed by atoms with Gasteiger partial charge < -0.3 is 4.74 Å². The molecule has 0 N–H and O–H groups in total. The van der Waals surface area contributed by atoms with E-state index in [1.54, 1.807) is 0 Å². The minimum Gasteiger partial charge on any atom is -0.388 e. The molecular formula is C6H6F4O3. The van der Waals surface area contributed by atoms with E-state index in [2.05, 4.69) is 4.74 Å². The third-order valence-electron chi connectivity index (χ3n) is 1.04. The van der Waals surface area contributed by atoms with Crippen molar-refractivity contribution in [1.82, 2.24) is 0 Å². The third-order valence-corrected chi connectivity index (χ3v) is 1.04. The Morgan fingerprint density at radius 1 is 1.38 bits per heavy atom. The van der Waals surface area contributed by atoms with Crippen LogP contribution in [0.1, 0.15) is 13.3 Å². The highest BCUT2D eigenvalue weighted by Crippen LogP contribution is 2.24. The minimum atomic E-state index is -4.93. The van der Waals surface area contributed by atoms with Crippen LogP contribution >= 0.6 is 0 Å². The van der Waals surface area contributed by atoms with Crippen molar-refractivity contribution in [3.05, 3.63) is 0 Å². The summed E-state index contributed by atoms with van der Waals surface area (Å²) in [6, 6.07) is 0. The molecule has 0 aromatic heterocycles. The molecule has 0 spiro atoms. The van der Waals surface area contributed by atoms with Crippen molar-refractivity contribution in [3.63, 3.8) is 0 Å². The molecule has 0 aromatic rings. The summed E-state index contributed by atoms with van der Waals surface area (Å²) in [5.41, 5.74) is 0. The maximum absolute atomic E-state index is 12.1. The molecule has 0 rings (SSSR count). The summed E-state index contributed by atoms with van der Waals surface area (Å²) in [7, 11) is 0. The molecule has 76 valence electrons. The van der Waals surface area contributed by atoms with Gasteiger partial charge in [-0.3, -0.25) is 4.79 Å². The van der Waals surface area contributed by atoms with E-state index in [0.29, 0.717) is 0 Å². The Morgan fingerprint density at radius 2 is 1.85 bits per heavy atom. The Hall–Kier alpha value is -1.14. The van der Waals surface area contributed by atoms with Crippen molar-refractivity contribution in [2.45, 2.75) is 25.7 Å². The van der Waals surface area contributed by atoms with Gasteiger partial charge in [-0.15, -0.1) is 0 Å². The Labute approximate surface area is 70.7 Å². The predicted molar refractivity (Wildman–Crippen MR) is 32.3 cm³/mol. The molecule has 3 nitrogen and oxygen atoms in total. The molecule has 0 aliphatic carbocycles. The van der Waals surface area contributed by atoms with Gasteiger partial charge in [0.1, 0.15) is 0 Å². The van der Waals surface area contributed by atoms with Gasteiger partial charge in [-0.2, -0.15) is 8.78 Å². The molecule has 0 saturated heterocycles. The molecule has 0 fully saturated rings. The van der Waals surface area contributed by atoms with Crippen molar-refractivity contribution in [2.75, 3.05) is 0 Å². The number of carbonyl (C=O) groups excluding carboxylic acids is 2. The Kier molecular flexibility index (Phi) is 3.83. The van der Waals surface area contributed by atoms with Gasteiger partial charge in [0.25, 0.3) is 0 Å². The second kappa shape index (κ2) is 4.20. The average Bonchev–Trinajstić information content (AvgIpc) is 2.03. The van der Waals surface area contributed by atoms with Crippen molar-refractivity contribution >= 4 is 11.9 Å². The van der Waals surface area contributed by atoms with Gasteiger partial charge in [0.05, 0.1) is 0 Å². The first-order valence-corrected chi connectivity index (χ1v) is 3.23. The summed E-state index contributed by atoms with van der Waals surface area (Å²) in [4.78, 5) is 20.5. The lowest BCUT2D eigenvalue weighted by Gasteiger charge is -2.11. The zero-order valence-corrected chi connectivity index (χ0v) is 6.52. The van der Waals surface area contributed by atoms with E-state index in [1.165, 1.54) is 6.92 Å². The van der Waals surface area contributed by atoms with Crippen molar-refractivity contribution in [3.8, 4) is 0 Å².